The quantitative estimate of drug-likeness (QED) is 0.284. The van der Waals surface area contributed by atoms with Gasteiger partial charge in [0.15, 0.2) is 12.4 Å². The van der Waals surface area contributed by atoms with Crippen LogP contribution < -0.4 is 4.74 Å². The van der Waals surface area contributed by atoms with E-state index in [1.54, 1.807) is 31.4 Å². The molecule has 0 N–H and O–H groups in total. The van der Waals surface area contributed by atoms with Crippen molar-refractivity contribution in [3.8, 4) is 5.75 Å². The van der Waals surface area contributed by atoms with Crippen LogP contribution in [0.15, 0.2) is 78.9 Å². The van der Waals surface area contributed by atoms with E-state index < -0.39 is 5.97 Å². The lowest BCUT2D eigenvalue weighted by atomic mass is 9.80. The number of aromatic nitrogens is 1. The molecule has 4 aromatic rings. The Morgan fingerprint density at radius 1 is 0.941 bits per heavy atom. The Kier molecular flexibility index (Phi) is 6.09. The van der Waals surface area contributed by atoms with E-state index in [1.165, 1.54) is 5.56 Å². The first-order valence-corrected chi connectivity index (χ1v) is 11.4. The number of carbonyl (C=O) groups excluding carboxylic acids is 2. The van der Waals surface area contributed by atoms with E-state index in [9.17, 15) is 9.59 Å². The van der Waals surface area contributed by atoms with Gasteiger partial charge < -0.3 is 9.47 Å². The lowest BCUT2D eigenvalue weighted by molar-refractivity contribution is 0.0475. The molecule has 170 valence electrons. The van der Waals surface area contributed by atoms with E-state index in [-0.39, 0.29) is 12.4 Å². The van der Waals surface area contributed by atoms with Crippen LogP contribution in [-0.4, -0.2) is 30.5 Å². The normalized spacial score (nSPS) is 14.9. The van der Waals surface area contributed by atoms with Gasteiger partial charge in [-0.3, -0.25) is 9.78 Å². The summed E-state index contributed by atoms with van der Waals surface area (Å²) >= 11 is 0. The second-order valence-electron chi connectivity index (χ2n) is 8.51. The molecule has 5 rings (SSSR count). The Morgan fingerprint density at radius 3 is 2.44 bits per heavy atom. The average Bonchev–Trinajstić information content (AvgIpc) is 2.90. The number of Topliss-reactive ketones (excluding diaryl/α,β-unsaturated/α-hetero) is 1. The minimum Gasteiger partial charge on any atom is -0.497 e. The monoisotopic (exact) mass is 451 g/mol. The van der Waals surface area contributed by atoms with Crippen molar-refractivity contribution in [2.45, 2.75) is 25.2 Å². The summed E-state index contributed by atoms with van der Waals surface area (Å²) in [6.45, 7) is -0.321. The molecule has 1 unspecified atom stereocenters. The summed E-state index contributed by atoms with van der Waals surface area (Å²) < 4.78 is 10.7. The highest BCUT2D eigenvalue weighted by Crippen LogP contribution is 2.36. The van der Waals surface area contributed by atoms with Gasteiger partial charge in [-0.05, 0) is 66.6 Å². The summed E-state index contributed by atoms with van der Waals surface area (Å²) in [6, 6.07) is 24.8. The zero-order valence-corrected chi connectivity index (χ0v) is 19.0. The van der Waals surface area contributed by atoms with Gasteiger partial charge in [0, 0.05) is 16.6 Å². The van der Waals surface area contributed by atoms with Gasteiger partial charge in [0.05, 0.1) is 18.2 Å². The van der Waals surface area contributed by atoms with Gasteiger partial charge in [-0.1, -0.05) is 48.5 Å². The summed E-state index contributed by atoms with van der Waals surface area (Å²) in [7, 11) is 1.57. The van der Waals surface area contributed by atoms with Gasteiger partial charge in [-0.2, -0.15) is 0 Å². The van der Waals surface area contributed by atoms with Crippen molar-refractivity contribution in [1.82, 2.24) is 4.98 Å². The molecule has 0 bridgehead atoms. The number of carbonyl (C=O) groups is 2. The highest BCUT2D eigenvalue weighted by Gasteiger charge is 2.28. The molecule has 0 fully saturated rings. The number of benzene rings is 3. The van der Waals surface area contributed by atoms with Gasteiger partial charge in [0.2, 0.25) is 0 Å². The maximum absolute atomic E-state index is 13.4. The fourth-order valence-corrected chi connectivity index (χ4v) is 4.69. The standard InChI is InChI=1S/C29H25NO4/c1-33-22-14-11-20(12-15-22)27(31)18-34-29(32)28-23-9-5-6-10-25(23)30-26-16-13-21(17-24(26)28)19-7-3-2-4-8-19/h2-12,14-15,21H,13,16-18H2,1H3. The zero-order valence-electron chi connectivity index (χ0n) is 19.0. The summed E-state index contributed by atoms with van der Waals surface area (Å²) in [5.74, 6) is 0.233. The number of ketones is 1. The zero-order chi connectivity index (χ0) is 23.5. The highest BCUT2D eigenvalue weighted by molar-refractivity contribution is 6.06. The van der Waals surface area contributed by atoms with Crippen LogP contribution in [0.3, 0.4) is 0 Å². The molecule has 34 heavy (non-hydrogen) atoms. The Morgan fingerprint density at radius 2 is 1.68 bits per heavy atom. The Hall–Kier alpha value is -3.99. The number of esters is 1. The number of hydrogen-bond acceptors (Lipinski definition) is 5. The van der Waals surface area contributed by atoms with Gasteiger partial charge in [0.1, 0.15) is 5.75 Å². The summed E-state index contributed by atoms with van der Waals surface area (Å²) in [5, 5.41) is 0.761. The van der Waals surface area contributed by atoms with Crippen LogP contribution in [0.1, 0.15) is 49.9 Å². The third-order valence-corrected chi connectivity index (χ3v) is 6.48. The molecule has 0 saturated heterocycles. The molecule has 5 heteroatoms. The number of ether oxygens (including phenoxy) is 2. The van der Waals surface area contributed by atoms with Crippen molar-refractivity contribution in [3.05, 3.63) is 107 Å². The first-order valence-electron chi connectivity index (χ1n) is 11.4. The minimum atomic E-state index is -0.481. The van der Waals surface area contributed by atoms with Gasteiger partial charge in [-0.25, -0.2) is 4.79 Å². The number of methoxy groups -OCH3 is 1. The lowest BCUT2D eigenvalue weighted by Crippen LogP contribution is -2.21. The minimum absolute atomic E-state index is 0.259. The fourth-order valence-electron chi connectivity index (χ4n) is 4.69. The number of aryl methyl sites for hydroxylation is 1. The molecule has 1 aliphatic rings. The molecule has 0 amide bonds. The highest BCUT2D eigenvalue weighted by atomic mass is 16.5. The van der Waals surface area contributed by atoms with Crippen LogP contribution in [0.2, 0.25) is 0 Å². The van der Waals surface area contributed by atoms with Crippen molar-refractivity contribution in [2.75, 3.05) is 13.7 Å². The van der Waals surface area contributed by atoms with Crippen LogP contribution in [0.4, 0.5) is 0 Å². The number of nitrogens with zero attached hydrogens (tertiary/aromatic N) is 1. The Labute approximate surface area is 198 Å². The molecule has 1 aromatic heterocycles. The van der Waals surface area contributed by atoms with Crippen LogP contribution in [0.25, 0.3) is 10.9 Å². The molecule has 0 spiro atoms. The Bertz CT molecular complexity index is 1350. The number of pyridine rings is 1. The first kappa shape index (κ1) is 21.8. The predicted octanol–water partition coefficient (Wildman–Crippen LogP) is 5.56. The topological polar surface area (TPSA) is 65.5 Å². The Balaban J connectivity index is 1.44. The number of para-hydroxylation sites is 1. The fraction of sp³-hybridized carbons (Fsp3) is 0.207. The molecule has 0 saturated carbocycles. The van der Waals surface area contributed by atoms with E-state index in [4.69, 9.17) is 14.5 Å². The number of hydrogen-bond donors (Lipinski definition) is 0. The van der Waals surface area contributed by atoms with E-state index in [1.807, 2.05) is 42.5 Å². The molecule has 1 aliphatic carbocycles. The molecule has 0 aliphatic heterocycles. The van der Waals surface area contributed by atoms with Crippen molar-refractivity contribution in [2.24, 2.45) is 0 Å². The second kappa shape index (κ2) is 9.48. The van der Waals surface area contributed by atoms with Gasteiger partial charge in [0.25, 0.3) is 0 Å². The van der Waals surface area contributed by atoms with Crippen molar-refractivity contribution >= 4 is 22.7 Å². The van der Waals surface area contributed by atoms with Crippen molar-refractivity contribution in [3.63, 3.8) is 0 Å². The predicted molar refractivity (Wildman–Crippen MR) is 131 cm³/mol. The van der Waals surface area contributed by atoms with Crippen molar-refractivity contribution < 1.29 is 19.1 Å². The summed E-state index contributed by atoms with van der Waals surface area (Å²) in [6.07, 6.45) is 2.49. The molecule has 1 heterocycles. The third kappa shape index (κ3) is 4.29. The SMILES string of the molecule is COc1ccc(C(=O)COC(=O)c2c3c(nc4ccccc24)CCC(c2ccccc2)C3)cc1. The smallest absolute Gasteiger partial charge is 0.339 e. The molecule has 0 radical (unpaired) electrons. The van der Waals surface area contributed by atoms with Crippen LogP contribution in [0, 0.1) is 0 Å². The molecular weight excluding hydrogens is 426 g/mol. The summed E-state index contributed by atoms with van der Waals surface area (Å²) in [4.78, 5) is 30.9. The van der Waals surface area contributed by atoms with Crippen molar-refractivity contribution in [1.29, 1.82) is 0 Å². The van der Waals surface area contributed by atoms with Crippen LogP contribution >= 0.6 is 0 Å². The average molecular weight is 452 g/mol. The lowest BCUT2D eigenvalue weighted by Gasteiger charge is -2.26. The second-order valence-corrected chi connectivity index (χ2v) is 8.51. The van der Waals surface area contributed by atoms with Crippen LogP contribution in [-0.2, 0) is 17.6 Å². The summed E-state index contributed by atoms with van der Waals surface area (Å²) in [5.41, 5.74) is 4.91. The molecule has 3 aromatic carbocycles. The van der Waals surface area contributed by atoms with Gasteiger partial charge >= 0.3 is 5.97 Å². The van der Waals surface area contributed by atoms with E-state index in [0.29, 0.717) is 29.2 Å². The molecule has 5 nitrogen and oxygen atoms in total. The van der Waals surface area contributed by atoms with Crippen LogP contribution in [0.5, 0.6) is 5.75 Å². The maximum atomic E-state index is 13.4. The number of fused-ring (bicyclic) bond motifs is 2. The first-order chi connectivity index (χ1) is 16.6. The van der Waals surface area contributed by atoms with E-state index in [2.05, 4.69) is 12.1 Å². The molecular formula is C29H25NO4. The van der Waals surface area contributed by atoms with Gasteiger partial charge in [-0.15, -0.1) is 0 Å². The largest absolute Gasteiger partial charge is 0.497 e. The number of rotatable bonds is 6. The van der Waals surface area contributed by atoms with E-state index >= 15 is 0 Å². The van der Waals surface area contributed by atoms with E-state index in [0.717, 1.165) is 35.0 Å². The maximum Gasteiger partial charge on any atom is 0.339 e. The third-order valence-electron chi connectivity index (χ3n) is 6.48. The molecule has 1 atom stereocenters.